The molecule has 2 unspecified atom stereocenters. The molecule has 0 aliphatic carbocycles. The second kappa shape index (κ2) is 31.6. The van der Waals surface area contributed by atoms with Crippen molar-refractivity contribution in [3.05, 3.63) is 126 Å². The molecule has 0 spiro atoms. The van der Waals surface area contributed by atoms with Crippen molar-refractivity contribution in [3.8, 4) is 0 Å². The summed E-state index contributed by atoms with van der Waals surface area (Å²) in [6.07, 6.45) is -4.04. The van der Waals surface area contributed by atoms with Gasteiger partial charge in [-0.15, -0.1) is 0 Å². The maximum atomic E-state index is 13.1. The molecular formula is C52H68Cl4N6O14S2. The number of carbonyl (C=O) groups excluding carboxylic acids is 2. The molecule has 0 bridgehead atoms. The minimum atomic E-state index is -3.82. The highest BCUT2D eigenvalue weighted by molar-refractivity contribution is 7.89. The molecule has 0 radical (unpaired) electrons. The zero-order valence-corrected chi connectivity index (χ0v) is 48.1. The van der Waals surface area contributed by atoms with Gasteiger partial charge in [-0.25, -0.2) is 26.3 Å². The summed E-state index contributed by atoms with van der Waals surface area (Å²) >= 11 is 25.7. The van der Waals surface area contributed by atoms with Gasteiger partial charge in [-0.3, -0.25) is 9.59 Å². The van der Waals surface area contributed by atoms with Crippen molar-refractivity contribution in [1.29, 1.82) is 0 Å². The van der Waals surface area contributed by atoms with Gasteiger partial charge in [-0.1, -0.05) is 70.7 Å². The minimum Gasteiger partial charge on any atom is -0.380 e. The number of hydrogen-bond acceptors (Lipinski definition) is 16. The summed E-state index contributed by atoms with van der Waals surface area (Å²) in [7, 11) is -3.67. The Balaban J connectivity index is 0.717. The van der Waals surface area contributed by atoms with E-state index < -0.39 is 44.1 Å². The molecule has 4 atom stereocenters. The first-order chi connectivity index (χ1) is 37.3. The van der Waals surface area contributed by atoms with Crippen LogP contribution in [0.2, 0.25) is 20.1 Å². The van der Waals surface area contributed by atoms with Crippen molar-refractivity contribution < 1.29 is 65.1 Å². The highest BCUT2D eigenvalue weighted by atomic mass is 35.5. The summed E-state index contributed by atoms with van der Waals surface area (Å²) in [6.45, 7) is 4.80. The molecule has 20 nitrogen and oxygen atoms in total. The van der Waals surface area contributed by atoms with Crippen molar-refractivity contribution in [3.63, 3.8) is 0 Å². The lowest BCUT2D eigenvalue weighted by atomic mass is 9.85. The summed E-state index contributed by atoms with van der Waals surface area (Å²) in [5.74, 6) is -2.15. The van der Waals surface area contributed by atoms with Crippen molar-refractivity contribution in [1.82, 2.24) is 29.9 Å². The number of sulfonamides is 2. The molecule has 4 aromatic rings. The van der Waals surface area contributed by atoms with Crippen LogP contribution in [-0.2, 0) is 71.1 Å². The van der Waals surface area contributed by atoms with Gasteiger partial charge in [0.1, 0.15) is 0 Å². The molecule has 26 heteroatoms. The predicted molar refractivity (Wildman–Crippen MR) is 295 cm³/mol. The van der Waals surface area contributed by atoms with E-state index in [9.17, 15) is 36.6 Å². The lowest BCUT2D eigenvalue weighted by Gasteiger charge is -2.33. The van der Waals surface area contributed by atoms with E-state index in [1.165, 1.54) is 0 Å². The van der Waals surface area contributed by atoms with E-state index in [0.29, 0.717) is 46.3 Å². The lowest BCUT2D eigenvalue weighted by molar-refractivity contribution is -0.146. The number of benzene rings is 4. The normalized spacial score (nSPS) is 16.8. The molecule has 0 saturated heterocycles. The Bertz CT molecular complexity index is 2650. The fraction of sp³-hybridized carbons (Fsp3) is 0.500. The van der Waals surface area contributed by atoms with Crippen LogP contribution in [0.15, 0.2) is 82.6 Å². The highest BCUT2D eigenvalue weighted by Crippen LogP contribution is 2.40. The van der Waals surface area contributed by atoms with Crippen LogP contribution in [0.1, 0.15) is 45.2 Å². The third kappa shape index (κ3) is 19.3. The second-order valence-corrected chi connectivity index (χ2v) is 23.7. The number of nitrogens with one attached hydrogen (secondary N) is 4. The fourth-order valence-electron chi connectivity index (χ4n) is 8.79. The Kier molecular flexibility index (Phi) is 25.7. The molecule has 0 saturated carbocycles. The molecule has 2 amide bonds. The van der Waals surface area contributed by atoms with Gasteiger partial charge in [0.05, 0.1) is 89.1 Å². The standard InChI is InChI=1S/C52H68Cl4N6O14S2/c1-61-31-43(41-27-37(53)29-47(55)45(41)33-61)35-5-3-7-39(25-35)77(67,68)59-11-15-73-19-23-75-21-17-71-13-9-57-51(65)49(63)50(64)52(66)58-10-14-72-18-22-76-24-20-74-16-12-60-78(69,70)40-8-4-6-36(26-40)44-32-62(2)34-46-42(44)28-38(54)30-48(46)56/h3-8,25-30,43-44,49-50,59-60,63-64H,9-24,31-34H2,1-2H3,(H,57,65)(H,58,66)/t43?,44?,49-,50+. The number of hydrogen-bond donors (Lipinski definition) is 6. The molecule has 2 aliphatic rings. The van der Waals surface area contributed by atoms with E-state index in [0.717, 1.165) is 33.4 Å². The Morgan fingerprint density at radius 1 is 0.526 bits per heavy atom. The van der Waals surface area contributed by atoms with E-state index in [-0.39, 0.29) is 127 Å². The molecular weight excluding hydrogens is 1140 g/mol. The molecule has 6 rings (SSSR count). The van der Waals surface area contributed by atoms with Crippen molar-refractivity contribution >= 4 is 78.3 Å². The Morgan fingerprint density at radius 2 is 0.859 bits per heavy atom. The third-order valence-corrected chi connectivity index (χ3v) is 16.6. The van der Waals surface area contributed by atoms with Gasteiger partial charge in [0.25, 0.3) is 11.8 Å². The van der Waals surface area contributed by atoms with Gasteiger partial charge >= 0.3 is 0 Å². The summed E-state index contributed by atoms with van der Waals surface area (Å²) in [5.41, 5.74) is 5.57. The van der Waals surface area contributed by atoms with Crippen LogP contribution in [0.5, 0.6) is 0 Å². The zero-order valence-electron chi connectivity index (χ0n) is 43.4. The zero-order chi connectivity index (χ0) is 56.2. The molecule has 0 fully saturated rings. The summed E-state index contributed by atoms with van der Waals surface area (Å²) in [6, 6.07) is 20.9. The van der Waals surface area contributed by atoms with Crippen LogP contribution < -0.4 is 20.1 Å². The number of ether oxygens (including phenoxy) is 6. The van der Waals surface area contributed by atoms with Gasteiger partial charge in [0.2, 0.25) is 20.0 Å². The topological polar surface area (TPSA) is 253 Å². The largest absolute Gasteiger partial charge is 0.380 e. The van der Waals surface area contributed by atoms with Gasteiger partial charge < -0.3 is 59.1 Å². The van der Waals surface area contributed by atoms with E-state index >= 15 is 0 Å². The van der Waals surface area contributed by atoms with Crippen LogP contribution in [0, 0.1) is 0 Å². The third-order valence-electron chi connectivity index (χ3n) is 12.6. The predicted octanol–water partition coefficient (Wildman–Crippen LogP) is 3.77. The lowest BCUT2D eigenvalue weighted by Crippen LogP contribution is -2.50. The van der Waals surface area contributed by atoms with Crippen LogP contribution in [0.4, 0.5) is 0 Å². The Labute approximate surface area is 476 Å². The average molecular weight is 1210 g/mol. The van der Waals surface area contributed by atoms with Gasteiger partial charge in [0, 0.05) is 84.3 Å². The first kappa shape index (κ1) is 63.6. The first-order valence-corrected chi connectivity index (χ1v) is 29.7. The minimum absolute atomic E-state index is 0.00803. The number of nitrogens with zero attached hydrogens (tertiary/aromatic N) is 2. The van der Waals surface area contributed by atoms with Crippen molar-refractivity contribution in [2.24, 2.45) is 0 Å². The fourth-order valence-corrected chi connectivity index (χ4v) is 12.1. The van der Waals surface area contributed by atoms with Crippen molar-refractivity contribution in [2.45, 2.75) is 46.9 Å². The van der Waals surface area contributed by atoms with Crippen LogP contribution in [0.3, 0.4) is 0 Å². The average Bonchev–Trinajstić information content (AvgIpc) is 3.50. The quantitative estimate of drug-likeness (QED) is 0.0372. The number of rotatable bonds is 33. The highest BCUT2D eigenvalue weighted by Gasteiger charge is 2.32. The van der Waals surface area contributed by atoms with Crippen LogP contribution >= 0.6 is 46.4 Å². The maximum Gasteiger partial charge on any atom is 0.252 e. The Morgan fingerprint density at radius 3 is 1.22 bits per heavy atom. The van der Waals surface area contributed by atoms with Gasteiger partial charge in [-0.05, 0) is 96.0 Å². The van der Waals surface area contributed by atoms with Gasteiger partial charge in [0.15, 0.2) is 12.2 Å². The number of halogens is 4. The van der Waals surface area contributed by atoms with E-state index in [1.807, 2.05) is 38.4 Å². The molecule has 2 aliphatic heterocycles. The molecule has 430 valence electrons. The molecule has 0 aromatic heterocycles. The van der Waals surface area contributed by atoms with E-state index in [2.05, 4.69) is 29.9 Å². The monoisotopic (exact) mass is 1200 g/mol. The Hall–Kier alpha value is -3.60. The second-order valence-electron chi connectivity index (χ2n) is 18.5. The molecule has 2 heterocycles. The first-order valence-electron chi connectivity index (χ1n) is 25.2. The number of amides is 2. The molecule has 4 aromatic carbocycles. The molecule has 6 N–H and O–H groups in total. The molecule has 78 heavy (non-hydrogen) atoms. The van der Waals surface area contributed by atoms with E-state index in [4.69, 9.17) is 74.8 Å². The maximum absolute atomic E-state index is 13.1. The van der Waals surface area contributed by atoms with Crippen LogP contribution in [0.25, 0.3) is 0 Å². The number of carbonyl (C=O) groups is 2. The van der Waals surface area contributed by atoms with E-state index in [1.54, 1.807) is 48.5 Å². The van der Waals surface area contributed by atoms with Gasteiger partial charge in [-0.2, -0.15) is 0 Å². The smallest absolute Gasteiger partial charge is 0.252 e. The number of aliphatic hydroxyl groups is 2. The summed E-state index contributed by atoms with van der Waals surface area (Å²) in [5, 5.41) is 27.3. The number of fused-ring (bicyclic) bond motifs is 2. The SMILES string of the molecule is CN1Cc2c(Cl)cc(Cl)cc2C(c2cccc(S(=O)(=O)NCCOCCOCCOCCNC(=O)[C@@H](O)[C@@H](O)C(=O)NCCOCCOCCOCCNS(=O)(=O)c3cccc(C4CN(C)Cc5c(Cl)cc(Cl)cc54)c3)c2)C1. The van der Waals surface area contributed by atoms with Crippen molar-refractivity contribution in [2.75, 3.05) is 133 Å². The summed E-state index contributed by atoms with van der Waals surface area (Å²) in [4.78, 5) is 29.1. The van der Waals surface area contributed by atoms with Crippen LogP contribution in [-0.4, -0.2) is 194 Å². The summed E-state index contributed by atoms with van der Waals surface area (Å²) < 4.78 is 90.4. The number of likely N-dealkylation sites (N-methyl/N-ethyl adjacent to an activating group) is 2. The number of aliphatic hydroxyl groups excluding tert-OH is 2.